The number of carbonyl (C=O) groups is 1. The van der Waals surface area contributed by atoms with Crippen molar-refractivity contribution in [3.8, 4) is 10.4 Å². The third-order valence-electron chi connectivity index (χ3n) is 2.99. The van der Waals surface area contributed by atoms with E-state index in [9.17, 15) is 9.18 Å². The molecule has 0 bridgehead atoms. The molecule has 3 rings (SSSR count). The van der Waals surface area contributed by atoms with Gasteiger partial charge in [-0.2, -0.15) is 0 Å². The maximum atomic E-state index is 13.2. The summed E-state index contributed by atoms with van der Waals surface area (Å²) >= 11 is 7.43. The van der Waals surface area contributed by atoms with Crippen LogP contribution < -0.4 is 0 Å². The van der Waals surface area contributed by atoms with E-state index in [1.807, 2.05) is 12.1 Å². The number of benzene rings is 1. The zero-order valence-corrected chi connectivity index (χ0v) is 11.0. The van der Waals surface area contributed by atoms with Crippen LogP contribution in [0.5, 0.6) is 0 Å². The third-order valence-corrected chi connectivity index (χ3v) is 4.45. The lowest BCUT2D eigenvalue weighted by Crippen LogP contribution is -1.96. The van der Waals surface area contributed by atoms with Gasteiger partial charge < -0.3 is 0 Å². The molecule has 1 fully saturated rings. The van der Waals surface area contributed by atoms with Crippen molar-refractivity contribution in [2.24, 2.45) is 5.92 Å². The molecule has 0 radical (unpaired) electrons. The lowest BCUT2D eigenvalue weighted by Gasteiger charge is -2.00. The maximum absolute atomic E-state index is 13.2. The van der Waals surface area contributed by atoms with E-state index in [0.29, 0.717) is 10.6 Å². The van der Waals surface area contributed by atoms with Crippen molar-refractivity contribution in [3.05, 3.63) is 46.0 Å². The molecule has 0 N–H and O–H groups in total. The highest BCUT2D eigenvalue weighted by atomic mass is 35.5. The zero-order chi connectivity index (χ0) is 12.7. The predicted octanol–water partition coefficient (Wildman–Crippen LogP) is 4.80. The van der Waals surface area contributed by atoms with Crippen LogP contribution in [0.3, 0.4) is 0 Å². The molecule has 0 aliphatic heterocycles. The van der Waals surface area contributed by atoms with Crippen LogP contribution in [0.15, 0.2) is 30.3 Å². The Balaban J connectivity index is 1.97. The fourth-order valence-corrected chi connectivity index (χ4v) is 3.18. The number of Topliss-reactive ketones (excluding diaryl/α,β-unsaturated/α-hetero) is 1. The first-order valence-electron chi connectivity index (χ1n) is 5.74. The van der Waals surface area contributed by atoms with Crippen molar-refractivity contribution in [3.63, 3.8) is 0 Å². The number of ketones is 1. The number of hydrogen-bond donors (Lipinski definition) is 0. The quantitative estimate of drug-likeness (QED) is 0.738. The van der Waals surface area contributed by atoms with Gasteiger partial charge in [0.05, 0.1) is 4.88 Å². The van der Waals surface area contributed by atoms with E-state index in [2.05, 4.69) is 0 Å². The molecule has 0 atom stereocenters. The number of carbonyl (C=O) groups excluding carboxylic acids is 1. The summed E-state index contributed by atoms with van der Waals surface area (Å²) in [7, 11) is 0. The second-order valence-electron chi connectivity index (χ2n) is 4.43. The normalized spacial score (nSPS) is 14.8. The summed E-state index contributed by atoms with van der Waals surface area (Å²) in [4.78, 5) is 13.5. The molecule has 1 aromatic carbocycles. The van der Waals surface area contributed by atoms with Crippen LogP contribution in [0.2, 0.25) is 5.02 Å². The molecule has 0 spiro atoms. The standard InChI is InChI=1S/C14H10ClFOS/c15-11-4-3-9(16)7-10(11)12-5-6-13(18-12)14(17)8-1-2-8/h3-8H,1-2H2. The van der Waals surface area contributed by atoms with Crippen molar-refractivity contribution < 1.29 is 9.18 Å². The van der Waals surface area contributed by atoms with Crippen molar-refractivity contribution in [2.75, 3.05) is 0 Å². The SMILES string of the molecule is O=C(c1ccc(-c2cc(F)ccc2Cl)s1)C1CC1. The first kappa shape index (κ1) is 11.9. The van der Waals surface area contributed by atoms with Crippen LogP contribution in [-0.2, 0) is 0 Å². The first-order chi connectivity index (χ1) is 8.65. The van der Waals surface area contributed by atoms with Crippen LogP contribution in [0.25, 0.3) is 10.4 Å². The van der Waals surface area contributed by atoms with Gasteiger partial charge in [-0.15, -0.1) is 11.3 Å². The van der Waals surface area contributed by atoms with Gasteiger partial charge in [-0.3, -0.25) is 4.79 Å². The van der Waals surface area contributed by atoms with Crippen LogP contribution in [-0.4, -0.2) is 5.78 Å². The minimum Gasteiger partial charge on any atom is -0.293 e. The fraction of sp³-hybridized carbons (Fsp3) is 0.214. The average Bonchev–Trinajstić information content (AvgIpc) is 3.09. The summed E-state index contributed by atoms with van der Waals surface area (Å²) in [5.74, 6) is 0.0936. The molecule has 1 saturated carbocycles. The molecule has 4 heteroatoms. The molecular formula is C14H10ClFOS. The Morgan fingerprint density at radius 3 is 2.78 bits per heavy atom. The van der Waals surface area contributed by atoms with Crippen molar-refractivity contribution in [2.45, 2.75) is 12.8 Å². The van der Waals surface area contributed by atoms with Crippen LogP contribution in [0, 0.1) is 11.7 Å². The third kappa shape index (κ3) is 2.20. The van der Waals surface area contributed by atoms with Crippen LogP contribution in [0.1, 0.15) is 22.5 Å². The summed E-state index contributed by atoms with van der Waals surface area (Å²) < 4.78 is 13.2. The van der Waals surface area contributed by atoms with E-state index in [1.54, 1.807) is 0 Å². The van der Waals surface area contributed by atoms with Gasteiger partial charge in [-0.05, 0) is 43.2 Å². The number of rotatable bonds is 3. The molecule has 1 aliphatic rings. The summed E-state index contributed by atoms with van der Waals surface area (Å²) in [6, 6.07) is 7.91. The van der Waals surface area contributed by atoms with Gasteiger partial charge >= 0.3 is 0 Å². The molecule has 1 aliphatic carbocycles. The lowest BCUT2D eigenvalue weighted by molar-refractivity contribution is 0.0971. The Hall–Kier alpha value is -1.19. The molecule has 2 aromatic rings. The van der Waals surface area contributed by atoms with E-state index >= 15 is 0 Å². The summed E-state index contributed by atoms with van der Waals surface area (Å²) in [5, 5.41) is 0.503. The molecule has 1 nitrogen and oxygen atoms in total. The molecular weight excluding hydrogens is 271 g/mol. The number of hydrogen-bond acceptors (Lipinski definition) is 2. The summed E-state index contributed by atoms with van der Waals surface area (Å²) in [6.07, 6.45) is 1.99. The van der Waals surface area contributed by atoms with Gasteiger partial charge in [0.2, 0.25) is 0 Å². The summed E-state index contributed by atoms with van der Waals surface area (Å²) in [5.41, 5.74) is 0.650. The molecule has 0 unspecified atom stereocenters. The van der Waals surface area contributed by atoms with Crippen molar-refractivity contribution in [1.29, 1.82) is 0 Å². The minimum absolute atomic E-state index is 0.207. The zero-order valence-electron chi connectivity index (χ0n) is 9.45. The Morgan fingerprint density at radius 1 is 1.28 bits per heavy atom. The second kappa shape index (κ2) is 4.48. The van der Waals surface area contributed by atoms with Gasteiger partial charge in [-0.25, -0.2) is 4.39 Å². The Bertz CT molecular complexity index is 616. The highest BCUT2D eigenvalue weighted by Crippen LogP contribution is 2.38. The van der Waals surface area contributed by atoms with Gasteiger partial charge in [0.1, 0.15) is 5.82 Å². The van der Waals surface area contributed by atoms with Gasteiger partial charge in [0.15, 0.2) is 5.78 Å². The molecule has 18 heavy (non-hydrogen) atoms. The molecule has 1 heterocycles. The van der Waals surface area contributed by atoms with E-state index in [0.717, 1.165) is 22.6 Å². The monoisotopic (exact) mass is 280 g/mol. The van der Waals surface area contributed by atoms with Crippen LogP contribution >= 0.6 is 22.9 Å². The van der Waals surface area contributed by atoms with Crippen LogP contribution in [0.4, 0.5) is 4.39 Å². The largest absolute Gasteiger partial charge is 0.293 e. The van der Waals surface area contributed by atoms with Gasteiger partial charge in [0.25, 0.3) is 0 Å². The topological polar surface area (TPSA) is 17.1 Å². The average molecular weight is 281 g/mol. The Morgan fingerprint density at radius 2 is 2.06 bits per heavy atom. The first-order valence-corrected chi connectivity index (χ1v) is 6.94. The summed E-state index contributed by atoms with van der Waals surface area (Å²) in [6.45, 7) is 0. The maximum Gasteiger partial charge on any atom is 0.175 e. The number of thiophene rings is 1. The molecule has 92 valence electrons. The number of halogens is 2. The van der Waals surface area contributed by atoms with E-state index in [4.69, 9.17) is 11.6 Å². The fourth-order valence-electron chi connectivity index (χ4n) is 1.85. The second-order valence-corrected chi connectivity index (χ2v) is 5.92. The predicted molar refractivity (Wildman–Crippen MR) is 71.8 cm³/mol. The van der Waals surface area contributed by atoms with E-state index in [-0.39, 0.29) is 17.5 Å². The molecule has 1 aromatic heterocycles. The van der Waals surface area contributed by atoms with Gasteiger partial charge in [-0.1, -0.05) is 11.6 Å². The highest BCUT2D eigenvalue weighted by molar-refractivity contribution is 7.17. The molecule has 0 saturated heterocycles. The minimum atomic E-state index is -0.321. The smallest absolute Gasteiger partial charge is 0.175 e. The highest BCUT2D eigenvalue weighted by Gasteiger charge is 2.31. The lowest BCUT2D eigenvalue weighted by atomic mass is 10.2. The van der Waals surface area contributed by atoms with Gasteiger partial charge in [0, 0.05) is 21.4 Å². The van der Waals surface area contributed by atoms with E-state index < -0.39 is 0 Å². The van der Waals surface area contributed by atoms with E-state index in [1.165, 1.54) is 29.5 Å². The van der Waals surface area contributed by atoms with Crippen molar-refractivity contribution in [1.82, 2.24) is 0 Å². The van der Waals surface area contributed by atoms with Crippen molar-refractivity contribution >= 4 is 28.7 Å². The Labute approximate surface area is 113 Å². The Kier molecular flexibility index (Phi) is 2.96. The molecule has 0 amide bonds.